The molecule has 11 heteroatoms. The number of rotatable bonds is 7. The number of carbonyl (C=O) groups excluding carboxylic acids is 1. The monoisotopic (exact) mass is 531 g/mol. The van der Waals surface area contributed by atoms with E-state index in [-0.39, 0.29) is 18.1 Å². The summed E-state index contributed by atoms with van der Waals surface area (Å²) in [4.78, 5) is 38.4. The zero-order chi connectivity index (χ0) is 28.1. The van der Waals surface area contributed by atoms with Crippen molar-refractivity contribution in [1.82, 2.24) is 35.2 Å². The molecule has 5 heterocycles. The van der Waals surface area contributed by atoms with Gasteiger partial charge >= 0.3 is 0 Å². The van der Waals surface area contributed by atoms with E-state index >= 15 is 0 Å². The molecule has 5 rings (SSSR count). The Labute approximate surface area is 229 Å². The molecule has 0 bridgehead atoms. The van der Waals surface area contributed by atoms with Crippen molar-refractivity contribution in [1.29, 1.82) is 5.26 Å². The summed E-state index contributed by atoms with van der Waals surface area (Å²) in [6.45, 7) is 3.87. The minimum atomic E-state index is -0.428. The highest BCUT2D eigenvalue weighted by molar-refractivity contribution is 5.92. The average Bonchev–Trinajstić information content (AvgIpc) is 2.97. The lowest BCUT2D eigenvalue weighted by atomic mass is 10.1. The third kappa shape index (κ3) is 6.08. The van der Waals surface area contributed by atoms with E-state index in [1.54, 1.807) is 49.6 Å². The van der Waals surface area contributed by atoms with Gasteiger partial charge in [0.05, 0.1) is 29.3 Å². The molecule has 0 aliphatic carbocycles. The highest BCUT2D eigenvalue weighted by atomic mass is 19.1. The van der Waals surface area contributed by atoms with Gasteiger partial charge in [0.25, 0.3) is 5.91 Å². The van der Waals surface area contributed by atoms with Gasteiger partial charge in [0.1, 0.15) is 23.4 Å². The Kier molecular flexibility index (Phi) is 7.41. The van der Waals surface area contributed by atoms with Crippen LogP contribution in [0.2, 0.25) is 0 Å². The van der Waals surface area contributed by atoms with Gasteiger partial charge in [-0.15, -0.1) is 0 Å². The van der Waals surface area contributed by atoms with Gasteiger partial charge < -0.3 is 10.6 Å². The molecule has 0 unspecified atom stereocenters. The molecule has 0 radical (unpaired) electrons. The van der Waals surface area contributed by atoms with E-state index in [2.05, 4.69) is 46.6 Å². The number of amides is 1. The number of hydrogen-bond acceptors (Lipinski definition) is 9. The minimum absolute atomic E-state index is 0.236. The molecule has 0 aromatic carbocycles. The standard InChI is InChI=1S/C29H22FN9O/c1-17-7-27(38-23-8-20(10-31)11-32-16-23)39-28(37-17)21-4-6-26(35-14-21)29(40)36-13-19-3-5-25(34-12-19)24-9-22(30)15-33-18(24)2/h3-9,11-12,14-16H,13H2,1-2H3,(H,36,40)(H,37,38,39). The van der Waals surface area contributed by atoms with E-state index in [4.69, 9.17) is 5.26 Å². The van der Waals surface area contributed by atoms with Crippen molar-refractivity contribution in [3.05, 3.63) is 107 Å². The fourth-order valence-electron chi connectivity index (χ4n) is 3.87. The van der Waals surface area contributed by atoms with E-state index in [0.29, 0.717) is 45.4 Å². The predicted molar refractivity (Wildman–Crippen MR) is 146 cm³/mol. The largest absolute Gasteiger partial charge is 0.347 e. The number of aryl methyl sites for hydroxylation is 2. The zero-order valence-corrected chi connectivity index (χ0v) is 21.6. The summed E-state index contributed by atoms with van der Waals surface area (Å²) >= 11 is 0. The lowest BCUT2D eigenvalue weighted by Crippen LogP contribution is -2.23. The molecule has 40 heavy (non-hydrogen) atoms. The van der Waals surface area contributed by atoms with Crippen LogP contribution in [0.3, 0.4) is 0 Å². The second-order valence-corrected chi connectivity index (χ2v) is 8.87. The maximum Gasteiger partial charge on any atom is 0.270 e. The average molecular weight is 532 g/mol. The number of aromatic nitrogens is 6. The van der Waals surface area contributed by atoms with Gasteiger partial charge in [0.2, 0.25) is 0 Å². The zero-order valence-electron chi connectivity index (χ0n) is 21.6. The molecule has 0 fully saturated rings. The topological polar surface area (TPSA) is 142 Å². The number of hydrogen-bond donors (Lipinski definition) is 2. The molecule has 0 aliphatic heterocycles. The number of carbonyl (C=O) groups is 1. The molecule has 0 saturated carbocycles. The lowest BCUT2D eigenvalue weighted by Gasteiger charge is -2.09. The van der Waals surface area contributed by atoms with Crippen LogP contribution in [0.25, 0.3) is 22.6 Å². The summed E-state index contributed by atoms with van der Waals surface area (Å²) in [6, 6.07) is 13.8. The van der Waals surface area contributed by atoms with Gasteiger partial charge in [-0.2, -0.15) is 5.26 Å². The van der Waals surface area contributed by atoms with Gasteiger partial charge in [-0.05, 0) is 49.7 Å². The molecule has 0 spiro atoms. The Hall–Kier alpha value is -5.63. The number of halogens is 1. The highest BCUT2D eigenvalue weighted by Crippen LogP contribution is 2.22. The van der Waals surface area contributed by atoms with Crippen LogP contribution in [0, 0.1) is 31.0 Å². The van der Waals surface area contributed by atoms with Crippen molar-refractivity contribution in [3.8, 4) is 28.7 Å². The Morgan fingerprint density at radius 2 is 1.82 bits per heavy atom. The van der Waals surface area contributed by atoms with Crippen molar-refractivity contribution in [2.24, 2.45) is 0 Å². The molecule has 2 N–H and O–H groups in total. The van der Waals surface area contributed by atoms with Crippen molar-refractivity contribution in [2.45, 2.75) is 20.4 Å². The number of anilines is 2. The van der Waals surface area contributed by atoms with Gasteiger partial charge in [-0.25, -0.2) is 14.4 Å². The Morgan fingerprint density at radius 1 is 0.950 bits per heavy atom. The second kappa shape index (κ2) is 11.4. The Bertz CT molecular complexity index is 1730. The summed E-state index contributed by atoms with van der Waals surface area (Å²) in [5, 5.41) is 15.0. The second-order valence-electron chi connectivity index (χ2n) is 8.87. The maximum atomic E-state index is 13.6. The number of nitrogens with one attached hydrogen (secondary N) is 2. The summed E-state index contributed by atoms with van der Waals surface area (Å²) < 4.78 is 13.6. The molecular weight excluding hydrogens is 509 g/mol. The van der Waals surface area contributed by atoms with Gasteiger partial charge in [0, 0.05) is 53.7 Å². The van der Waals surface area contributed by atoms with E-state index in [1.165, 1.54) is 24.7 Å². The van der Waals surface area contributed by atoms with Crippen LogP contribution < -0.4 is 10.6 Å². The van der Waals surface area contributed by atoms with Crippen LogP contribution in [0.1, 0.15) is 33.0 Å². The third-order valence-corrected chi connectivity index (χ3v) is 5.86. The third-order valence-electron chi connectivity index (χ3n) is 5.86. The number of nitrogens with zero attached hydrogens (tertiary/aromatic N) is 7. The molecule has 5 aromatic heterocycles. The van der Waals surface area contributed by atoms with Crippen LogP contribution in [0.4, 0.5) is 15.9 Å². The van der Waals surface area contributed by atoms with E-state index < -0.39 is 5.82 Å². The fourth-order valence-corrected chi connectivity index (χ4v) is 3.87. The summed E-state index contributed by atoms with van der Waals surface area (Å²) in [6.07, 6.45) is 7.41. The van der Waals surface area contributed by atoms with Crippen LogP contribution in [-0.2, 0) is 6.54 Å². The minimum Gasteiger partial charge on any atom is -0.347 e. The first-order valence-corrected chi connectivity index (χ1v) is 12.2. The Balaban J connectivity index is 1.24. The maximum absolute atomic E-state index is 13.6. The van der Waals surface area contributed by atoms with E-state index in [0.717, 1.165) is 11.3 Å². The first-order valence-electron chi connectivity index (χ1n) is 12.2. The number of nitriles is 1. The summed E-state index contributed by atoms with van der Waals surface area (Å²) in [5.41, 5.74) is 5.32. The van der Waals surface area contributed by atoms with Gasteiger partial charge in [-0.1, -0.05) is 6.07 Å². The summed E-state index contributed by atoms with van der Waals surface area (Å²) in [7, 11) is 0. The highest BCUT2D eigenvalue weighted by Gasteiger charge is 2.12. The first-order chi connectivity index (χ1) is 19.4. The molecule has 0 atom stereocenters. The fraction of sp³-hybridized carbons (Fsp3) is 0.103. The van der Waals surface area contributed by atoms with Crippen LogP contribution >= 0.6 is 0 Å². The molecule has 196 valence electrons. The van der Waals surface area contributed by atoms with Crippen molar-refractivity contribution < 1.29 is 9.18 Å². The molecular formula is C29H22FN9O. The van der Waals surface area contributed by atoms with Crippen LogP contribution in [-0.4, -0.2) is 35.8 Å². The summed E-state index contributed by atoms with van der Waals surface area (Å²) in [5.74, 6) is 0.187. The lowest BCUT2D eigenvalue weighted by molar-refractivity contribution is 0.0946. The van der Waals surface area contributed by atoms with Crippen molar-refractivity contribution in [2.75, 3.05) is 5.32 Å². The molecule has 10 nitrogen and oxygen atoms in total. The molecule has 1 amide bonds. The van der Waals surface area contributed by atoms with E-state index in [9.17, 15) is 9.18 Å². The molecule has 0 aliphatic rings. The normalized spacial score (nSPS) is 10.6. The van der Waals surface area contributed by atoms with Crippen LogP contribution in [0.5, 0.6) is 0 Å². The Morgan fingerprint density at radius 3 is 2.58 bits per heavy atom. The van der Waals surface area contributed by atoms with E-state index in [1.807, 2.05) is 13.0 Å². The van der Waals surface area contributed by atoms with Gasteiger partial charge in [0.15, 0.2) is 5.82 Å². The quantitative estimate of drug-likeness (QED) is 0.306. The van der Waals surface area contributed by atoms with Crippen molar-refractivity contribution >= 4 is 17.4 Å². The first kappa shape index (κ1) is 26.0. The smallest absolute Gasteiger partial charge is 0.270 e. The SMILES string of the molecule is Cc1cc(Nc2cncc(C#N)c2)nc(-c2ccc(C(=O)NCc3ccc(-c4cc(F)cnc4C)nc3)nc2)n1. The predicted octanol–water partition coefficient (Wildman–Crippen LogP) is 4.69. The molecule has 0 saturated heterocycles. The van der Waals surface area contributed by atoms with Crippen molar-refractivity contribution in [3.63, 3.8) is 0 Å². The van der Waals surface area contributed by atoms with Crippen LogP contribution in [0.15, 0.2) is 73.4 Å². The van der Waals surface area contributed by atoms with Gasteiger partial charge in [-0.3, -0.25) is 24.7 Å². The molecule has 5 aromatic rings. The number of pyridine rings is 4.